The van der Waals surface area contributed by atoms with Gasteiger partial charge < -0.3 is 26.6 Å². The molecule has 1 saturated heterocycles. The SMILES string of the molecule is CCCC(NC(=O)[C@@H]1C2C(CN1C(=O)[C@@H](NC(=O)C1Cc3ccccc3N1)C1CCCCC1)C2(C)C)C(=O)C(N)=O. The number of primary amides is 1. The summed E-state index contributed by atoms with van der Waals surface area (Å²) in [7, 11) is 0. The molecule has 0 bridgehead atoms. The highest BCUT2D eigenvalue weighted by molar-refractivity contribution is 6.37. The molecular weight excluding hydrogens is 522 g/mol. The Labute approximate surface area is 241 Å². The van der Waals surface area contributed by atoms with Crippen molar-refractivity contribution in [1.82, 2.24) is 15.5 Å². The number of Topliss-reactive ketones (excluding diaryl/α,β-unsaturated/α-hetero) is 1. The molecule has 10 nitrogen and oxygen atoms in total. The van der Waals surface area contributed by atoms with Crippen LogP contribution in [0.15, 0.2) is 24.3 Å². The van der Waals surface area contributed by atoms with Gasteiger partial charge in [-0.3, -0.25) is 24.0 Å². The Morgan fingerprint density at radius 1 is 1.05 bits per heavy atom. The van der Waals surface area contributed by atoms with Crippen molar-refractivity contribution in [2.24, 2.45) is 28.9 Å². The molecule has 2 heterocycles. The van der Waals surface area contributed by atoms with Crippen molar-refractivity contribution >= 4 is 35.1 Å². The number of nitrogens with two attached hydrogens (primary N) is 1. The zero-order valence-corrected chi connectivity index (χ0v) is 24.3. The minimum Gasteiger partial charge on any atom is -0.373 e. The van der Waals surface area contributed by atoms with Crippen molar-refractivity contribution in [3.8, 4) is 0 Å². The van der Waals surface area contributed by atoms with Gasteiger partial charge in [0.2, 0.25) is 23.5 Å². The fourth-order valence-corrected chi connectivity index (χ4v) is 7.54. The van der Waals surface area contributed by atoms with E-state index in [-0.39, 0.29) is 41.4 Å². The van der Waals surface area contributed by atoms with Crippen LogP contribution in [-0.4, -0.2) is 65.0 Å². The van der Waals surface area contributed by atoms with Crippen LogP contribution in [0.2, 0.25) is 0 Å². The van der Waals surface area contributed by atoms with Crippen molar-refractivity contribution in [2.45, 2.75) is 96.3 Å². The molecule has 0 aromatic heterocycles. The van der Waals surface area contributed by atoms with Gasteiger partial charge in [0.25, 0.3) is 5.91 Å². The second-order valence-corrected chi connectivity index (χ2v) is 12.9. The quantitative estimate of drug-likeness (QED) is 0.318. The number of hydrogen-bond donors (Lipinski definition) is 4. The van der Waals surface area contributed by atoms with Crippen molar-refractivity contribution in [1.29, 1.82) is 0 Å². The number of nitrogens with zero attached hydrogens (tertiary/aromatic N) is 1. The molecule has 10 heteroatoms. The van der Waals surface area contributed by atoms with E-state index >= 15 is 0 Å². The molecule has 6 atom stereocenters. The molecule has 5 rings (SSSR count). The smallest absolute Gasteiger partial charge is 0.287 e. The molecule has 5 N–H and O–H groups in total. The fraction of sp³-hybridized carbons (Fsp3) is 0.645. The number of anilines is 1. The van der Waals surface area contributed by atoms with Gasteiger partial charge in [0.05, 0.1) is 6.04 Å². The number of benzene rings is 1. The minimum absolute atomic E-state index is 0.0121. The number of carbonyl (C=O) groups excluding carboxylic acids is 5. The van der Waals surface area contributed by atoms with E-state index < -0.39 is 41.8 Å². The number of rotatable bonds is 10. The predicted octanol–water partition coefficient (Wildman–Crippen LogP) is 1.91. The maximum atomic E-state index is 14.3. The lowest BCUT2D eigenvalue weighted by molar-refractivity contribution is -0.145. The maximum Gasteiger partial charge on any atom is 0.287 e. The molecule has 222 valence electrons. The van der Waals surface area contributed by atoms with Crippen LogP contribution in [0.3, 0.4) is 0 Å². The Kier molecular flexibility index (Phi) is 8.12. The van der Waals surface area contributed by atoms with Crippen molar-refractivity contribution in [3.05, 3.63) is 29.8 Å². The Morgan fingerprint density at radius 2 is 1.76 bits per heavy atom. The summed E-state index contributed by atoms with van der Waals surface area (Å²) in [5, 5.41) is 9.14. The summed E-state index contributed by atoms with van der Waals surface area (Å²) in [4.78, 5) is 67.3. The van der Waals surface area contributed by atoms with Crippen LogP contribution < -0.4 is 21.7 Å². The molecular formula is C31H43N5O5. The summed E-state index contributed by atoms with van der Waals surface area (Å²) in [6.45, 7) is 6.45. The van der Waals surface area contributed by atoms with Crippen LogP contribution >= 0.6 is 0 Å². The highest BCUT2D eigenvalue weighted by Gasteiger charge is 2.69. The average Bonchev–Trinajstić information content (AvgIpc) is 3.33. The van der Waals surface area contributed by atoms with Gasteiger partial charge in [-0.1, -0.05) is 64.7 Å². The molecule has 4 unspecified atom stereocenters. The number of nitrogens with one attached hydrogen (secondary N) is 3. The van der Waals surface area contributed by atoms with Crippen molar-refractivity contribution < 1.29 is 24.0 Å². The largest absolute Gasteiger partial charge is 0.373 e. The number of piperidine rings is 1. The summed E-state index contributed by atoms with van der Waals surface area (Å²) in [5.41, 5.74) is 7.12. The van der Waals surface area contributed by atoms with Crippen LogP contribution in [0.5, 0.6) is 0 Å². The van der Waals surface area contributed by atoms with Crippen LogP contribution in [-0.2, 0) is 30.4 Å². The third-order valence-electron chi connectivity index (χ3n) is 9.99. The van der Waals surface area contributed by atoms with Crippen LogP contribution in [0.4, 0.5) is 5.69 Å². The lowest BCUT2D eigenvalue weighted by Crippen LogP contribution is -2.60. The highest BCUT2D eigenvalue weighted by atomic mass is 16.2. The van der Waals surface area contributed by atoms with E-state index in [1.807, 2.05) is 31.2 Å². The highest BCUT2D eigenvalue weighted by Crippen LogP contribution is 2.65. The second-order valence-electron chi connectivity index (χ2n) is 12.9. The number of hydrogen-bond acceptors (Lipinski definition) is 6. The summed E-state index contributed by atoms with van der Waals surface area (Å²) in [6.07, 6.45) is 6.17. The standard InChI is InChI=1S/C31H43N5O5/c1-4-10-21(26(37)27(32)38)34-29(40)25-23-19(31(23,2)3)16-36(25)30(41)24(17-11-6-5-7-12-17)35-28(39)22-15-18-13-8-9-14-20(18)33-22/h8-9,13-14,17,19,21-25,33H,4-7,10-12,15-16H2,1-3H3,(H2,32,38)(H,34,40)(H,35,39)/t19?,21?,22?,23?,24-,25-/m0/s1. The first-order valence-corrected chi connectivity index (χ1v) is 15.1. The number of para-hydroxylation sites is 1. The molecule has 0 spiro atoms. The normalized spacial score (nSPS) is 27.5. The fourth-order valence-electron chi connectivity index (χ4n) is 7.54. The van der Waals surface area contributed by atoms with E-state index in [1.54, 1.807) is 4.90 Å². The third kappa shape index (κ3) is 5.57. The van der Waals surface area contributed by atoms with Gasteiger partial charge in [-0.05, 0) is 54.1 Å². The lowest BCUT2D eigenvalue weighted by atomic mass is 9.82. The van der Waals surface area contributed by atoms with Gasteiger partial charge in [0.1, 0.15) is 18.1 Å². The molecule has 3 fully saturated rings. The summed E-state index contributed by atoms with van der Waals surface area (Å²) in [6, 6.07) is 4.81. The Hall–Kier alpha value is -3.43. The first-order valence-electron chi connectivity index (χ1n) is 15.1. The maximum absolute atomic E-state index is 14.3. The number of ketones is 1. The number of amides is 4. The molecule has 41 heavy (non-hydrogen) atoms. The average molecular weight is 566 g/mol. The molecule has 0 radical (unpaired) electrons. The van der Waals surface area contributed by atoms with Crippen molar-refractivity contribution in [3.63, 3.8) is 0 Å². The van der Waals surface area contributed by atoms with E-state index in [9.17, 15) is 24.0 Å². The molecule has 1 aromatic rings. The monoisotopic (exact) mass is 565 g/mol. The first-order chi connectivity index (χ1) is 19.5. The van der Waals surface area contributed by atoms with Gasteiger partial charge in [-0.2, -0.15) is 0 Å². The van der Waals surface area contributed by atoms with Gasteiger partial charge in [0, 0.05) is 18.7 Å². The zero-order chi connectivity index (χ0) is 29.5. The third-order valence-corrected chi connectivity index (χ3v) is 9.99. The van der Waals surface area contributed by atoms with Gasteiger partial charge in [-0.15, -0.1) is 0 Å². The molecule has 1 aromatic carbocycles. The number of carbonyl (C=O) groups is 5. The van der Waals surface area contributed by atoms with Crippen LogP contribution in [0.25, 0.3) is 0 Å². The van der Waals surface area contributed by atoms with E-state index in [2.05, 4.69) is 29.8 Å². The minimum atomic E-state index is -1.09. The zero-order valence-electron chi connectivity index (χ0n) is 24.3. The molecule has 4 aliphatic rings. The molecule has 2 aliphatic heterocycles. The Bertz CT molecular complexity index is 1200. The molecule has 4 amide bonds. The summed E-state index contributed by atoms with van der Waals surface area (Å²) >= 11 is 0. The topological polar surface area (TPSA) is 151 Å². The van der Waals surface area contributed by atoms with Gasteiger partial charge in [-0.25, -0.2) is 0 Å². The van der Waals surface area contributed by atoms with Gasteiger partial charge in [0.15, 0.2) is 0 Å². The van der Waals surface area contributed by atoms with E-state index in [0.717, 1.165) is 43.4 Å². The number of fused-ring (bicyclic) bond motifs is 2. The molecule has 2 saturated carbocycles. The van der Waals surface area contributed by atoms with E-state index in [4.69, 9.17) is 5.73 Å². The van der Waals surface area contributed by atoms with Crippen LogP contribution in [0.1, 0.15) is 71.3 Å². The summed E-state index contributed by atoms with van der Waals surface area (Å²) in [5.74, 6) is -2.75. The lowest BCUT2D eigenvalue weighted by Gasteiger charge is -2.37. The Balaban J connectivity index is 1.36. The predicted molar refractivity (Wildman–Crippen MR) is 153 cm³/mol. The second kappa shape index (κ2) is 11.4. The van der Waals surface area contributed by atoms with E-state index in [1.165, 1.54) is 0 Å². The van der Waals surface area contributed by atoms with Crippen molar-refractivity contribution in [2.75, 3.05) is 11.9 Å². The first kappa shape index (κ1) is 29.1. The van der Waals surface area contributed by atoms with Gasteiger partial charge >= 0.3 is 0 Å². The van der Waals surface area contributed by atoms with Crippen LogP contribution in [0, 0.1) is 23.2 Å². The van der Waals surface area contributed by atoms with E-state index in [0.29, 0.717) is 19.4 Å². The summed E-state index contributed by atoms with van der Waals surface area (Å²) < 4.78 is 0. The Morgan fingerprint density at radius 3 is 2.41 bits per heavy atom. The number of likely N-dealkylation sites (tertiary alicyclic amines) is 1. The molecule has 2 aliphatic carbocycles.